The summed E-state index contributed by atoms with van der Waals surface area (Å²) in [6, 6.07) is 5.52. The molecule has 2 fully saturated rings. The molecule has 0 spiro atoms. The Morgan fingerprint density at radius 3 is 2.45 bits per heavy atom. The SMILES string of the molecule is O=C(NCc1ccc(N2CCCCCC2)nc1)c1sccc1S(=O)(=O)N1CCSCC1. The summed E-state index contributed by atoms with van der Waals surface area (Å²) in [5, 5.41) is 4.52. The second kappa shape index (κ2) is 10.3. The van der Waals surface area contributed by atoms with Crippen molar-refractivity contribution in [3.8, 4) is 0 Å². The van der Waals surface area contributed by atoms with E-state index in [1.807, 2.05) is 12.1 Å². The van der Waals surface area contributed by atoms with Crippen molar-refractivity contribution in [2.45, 2.75) is 37.1 Å². The topological polar surface area (TPSA) is 82.6 Å². The highest BCUT2D eigenvalue weighted by molar-refractivity contribution is 7.99. The normalized spacial score (nSPS) is 18.5. The molecule has 7 nitrogen and oxygen atoms in total. The van der Waals surface area contributed by atoms with Gasteiger partial charge in [0.15, 0.2) is 0 Å². The van der Waals surface area contributed by atoms with Crippen LogP contribution in [0.2, 0.25) is 0 Å². The zero-order chi connectivity index (χ0) is 21.7. The van der Waals surface area contributed by atoms with Gasteiger partial charge in [-0.05, 0) is 35.9 Å². The first-order valence-corrected chi connectivity index (χ1v) is 14.2. The van der Waals surface area contributed by atoms with Crippen LogP contribution in [0.4, 0.5) is 5.82 Å². The van der Waals surface area contributed by atoms with Crippen LogP contribution in [-0.4, -0.2) is 61.3 Å². The Morgan fingerprint density at radius 2 is 1.77 bits per heavy atom. The molecule has 0 radical (unpaired) electrons. The van der Waals surface area contributed by atoms with Gasteiger partial charge in [0.05, 0.1) is 0 Å². The number of rotatable bonds is 6. The highest BCUT2D eigenvalue weighted by Gasteiger charge is 2.31. The number of amides is 1. The van der Waals surface area contributed by atoms with E-state index in [2.05, 4.69) is 15.2 Å². The lowest BCUT2D eigenvalue weighted by molar-refractivity contribution is 0.0952. The maximum Gasteiger partial charge on any atom is 0.263 e. The predicted molar refractivity (Wildman–Crippen MR) is 126 cm³/mol. The quantitative estimate of drug-likeness (QED) is 0.684. The molecular formula is C21H28N4O3S3. The van der Waals surface area contributed by atoms with Gasteiger partial charge in [-0.15, -0.1) is 11.3 Å². The van der Waals surface area contributed by atoms with Crippen LogP contribution in [0.1, 0.15) is 40.9 Å². The zero-order valence-electron chi connectivity index (χ0n) is 17.5. The van der Waals surface area contributed by atoms with Gasteiger partial charge < -0.3 is 10.2 Å². The van der Waals surface area contributed by atoms with Gasteiger partial charge in [-0.25, -0.2) is 13.4 Å². The Kier molecular flexibility index (Phi) is 7.52. The van der Waals surface area contributed by atoms with E-state index in [1.165, 1.54) is 36.1 Å². The molecule has 0 atom stereocenters. The van der Waals surface area contributed by atoms with Crippen molar-refractivity contribution in [1.82, 2.24) is 14.6 Å². The molecule has 2 aromatic heterocycles. The molecule has 1 N–H and O–H groups in total. The van der Waals surface area contributed by atoms with E-state index < -0.39 is 10.0 Å². The molecule has 2 aliphatic heterocycles. The highest BCUT2D eigenvalue weighted by atomic mass is 32.2. The molecule has 10 heteroatoms. The van der Waals surface area contributed by atoms with Crippen LogP contribution in [-0.2, 0) is 16.6 Å². The maximum absolute atomic E-state index is 13.0. The molecule has 0 bridgehead atoms. The van der Waals surface area contributed by atoms with Gasteiger partial charge in [0.1, 0.15) is 15.6 Å². The summed E-state index contributed by atoms with van der Waals surface area (Å²) in [4.78, 5) is 20.0. The van der Waals surface area contributed by atoms with Crippen LogP contribution >= 0.6 is 23.1 Å². The molecule has 0 unspecified atom stereocenters. The lowest BCUT2D eigenvalue weighted by Gasteiger charge is -2.25. The van der Waals surface area contributed by atoms with Gasteiger partial charge in [0.2, 0.25) is 10.0 Å². The predicted octanol–water partition coefficient (Wildman–Crippen LogP) is 3.19. The monoisotopic (exact) mass is 480 g/mol. The zero-order valence-corrected chi connectivity index (χ0v) is 19.9. The number of thioether (sulfide) groups is 1. The van der Waals surface area contributed by atoms with Crippen LogP contribution in [0.15, 0.2) is 34.7 Å². The maximum atomic E-state index is 13.0. The summed E-state index contributed by atoms with van der Waals surface area (Å²) < 4.78 is 27.5. The molecular weight excluding hydrogens is 452 g/mol. The van der Waals surface area contributed by atoms with Crippen molar-refractivity contribution < 1.29 is 13.2 Å². The molecule has 168 valence electrons. The molecule has 0 saturated carbocycles. The summed E-state index contributed by atoms with van der Waals surface area (Å²) in [5.74, 6) is 2.18. The first-order valence-electron chi connectivity index (χ1n) is 10.7. The molecule has 1 amide bonds. The Balaban J connectivity index is 1.39. The van der Waals surface area contributed by atoms with Crippen molar-refractivity contribution in [3.63, 3.8) is 0 Å². The Hall–Kier alpha value is -1.62. The van der Waals surface area contributed by atoms with Crippen LogP contribution in [0.25, 0.3) is 0 Å². The summed E-state index contributed by atoms with van der Waals surface area (Å²) in [6.07, 6.45) is 6.73. The van der Waals surface area contributed by atoms with E-state index in [1.54, 1.807) is 23.3 Å². The van der Waals surface area contributed by atoms with Crippen LogP contribution < -0.4 is 10.2 Å². The minimum absolute atomic E-state index is 0.108. The molecule has 0 aliphatic carbocycles. The van der Waals surface area contributed by atoms with E-state index in [0.29, 0.717) is 19.6 Å². The summed E-state index contributed by atoms with van der Waals surface area (Å²) in [5.41, 5.74) is 0.890. The number of anilines is 1. The standard InChI is InChI=1S/C21H28N4O3S3/c26-21(20-18(7-12-30-20)31(27,28)25-10-13-29-14-11-25)23-16-17-5-6-19(22-15-17)24-8-3-1-2-4-9-24/h5-7,12,15H,1-4,8-11,13-14,16H2,(H,23,26). The fourth-order valence-corrected chi connectivity index (χ4v) is 7.76. The first-order chi connectivity index (χ1) is 15.1. The molecule has 2 aliphatic rings. The fraction of sp³-hybridized carbons (Fsp3) is 0.524. The van der Waals surface area contributed by atoms with E-state index in [9.17, 15) is 13.2 Å². The van der Waals surface area contributed by atoms with Crippen LogP contribution in [0, 0.1) is 0 Å². The Morgan fingerprint density at radius 1 is 1.03 bits per heavy atom. The minimum Gasteiger partial charge on any atom is -0.357 e. The third-order valence-electron chi connectivity index (χ3n) is 5.62. The summed E-state index contributed by atoms with van der Waals surface area (Å²) in [6.45, 7) is 3.35. The fourth-order valence-electron chi connectivity index (χ4n) is 3.86. The molecule has 4 rings (SSSR count). The Bertz CT molecular complexity index is 978. The number of hydrogen-bond acceptors (Lipinski definition) is 7. The minimum atomic E-state index is -3.65. The number of nitrogens with zero attached hydrogens (tertiary/aromatic N) is 3. The molecule has 2 aromatic rings. The lowest BCUT2D eigenvalue weighted by atomic mass is 10.2. The number of carbonyl (C=O) groups excluding carboxylic acids is 1. The molecule has 2 saturated heterocycles. The smallest absolute Gasteiger partial charge is 0.263 e. The number of carbonyl (C=O) groups is 1. The number of pyridine rings is 1. The number of aromatic nitrogens is 1. The second-order valence-corrected chi connectivity index (χ2v) is 11.8. The van der Waals surface area contributed by atoms with Crippen molar-refractivity contribution in [2.75, 3.05) is 42.6 Å². The van der Waals surface area contributed by atoms with Gasteiger partial charge in [0.25, 0.3) is 5.91 Å². The van der Waals surface area contributed by atoms with E-state index in [4.69, 9.17) is 0 Å². The third-order valence-corrected chi connectivity index (χ3v) is 9.54. The summed E-state index contributed by atoms with van der Waals surface area (Å²) in [7, 11) is -3.65. The molecule has 4 heterocycles. The first kappa shape index (κ1) is 22.6. The van der Waals surface area contributed by atoms with Gasteiger partial charge in [-0.3, -0.25) is 4.79 Å². The average molecular weight is 481 g/mol. The van der Waals surface area contributed by atoms with E-state index in [0.717, 1.165) is 47.3 Å². The summed E-state index contributed by atoms with van der Waals surface area (Å²) >= 11 is 2.91. The van der Waals surface area contributed by atoms with Crippen molar-refractivity contribution in [3.05, 3.63) is 40.2 Å². The van der Waals surface area contributed by atoms with Gasteiger partial charge in [-0.2, -0.15) is 16.1 Å². The molecule has 0 aromatic carbocycles. The lowest BCUT2D eigenvalue weighted by Crippen LogP contribution is -2.38. The number of hydrogen-bond donors (Lipinski definition) is 1. The van der Waals surface area contributed by atoms with E-state index in [-0.39, 0.29) is 15.7 Å². The largest absolute Gasteiger partial charge is 0.357 e. The number of sulfonamides is 1. The second-order valence-electron chi connectivity index (χ2n) is 7.74. The van der Waals surface area contributed by atoms with Crippen molar-refractivity contribution in [1.29, 1.82) is 0 Å². The number of thiophene rings is 1. The van der Waals surface area contributed by atoms with Crippen LogP contribution in [0.5, 0.6) is 0 Å². The van der Waals surface area contributed by atoms with E-state index >= 15 is 0 Å². The number of nitrogens with one attached hydrogen (secondary N) is 1. The van der Waals surface area contributed by atoms with Crippen molar-refractivity contribution in [2.24, 2.45) is 0 Å². The van der Waals surface area contributed by atoms with Gasteiger partial charge in [0, 0.05) is 50.4 Å². The average Bonchev–Trinajstić information content (AvgIpc) is 3.15. The Labute approximate surface area is 192 Å². The van der Waals surface area contributed by atoms with Gasteiger partial charge >= 0.3 is 0 Å². The van der Waals surface area contributed by atoms with Gasteiger partial charge in [-0.1, -0.05) is 18.9 Å². The highest BCUT2D eigenvalue weighted by Crippen LogP contribution is 2.27. The van der Waals surface area contributed by atoms with Crippen molar-refractivity contribution >= 4 is 44.8 Å². The van der Waals surface area contributed by atoms with Crippen LogP contribution in [0.3, 0.4) is 0 Å². The molecule has 31 heavy (non-hydrogen) atoms. The third kappa shape index (κ3) is 5.42.